The van der Waals surface area contributed by atoms with Gasteiger partial charge in [-0.25, -0.2) is 13.0 Å². The SMILES string of the molecule is C[n+]1cc2ccc(=O)n(O)c2nc1S(C)(=O)=O. The summed E-state index contributed by atoms with van der Waals surface area (Å²) in [7, 11) is -2.01. The van der Waals surface area contributed by atoms with E-state index in [1.165, 1.54) is 29.9 Å². The van der Waals surface area contributed by atoms with Crippen LogP contribution in [-0.4, -0.2) is 29.6 Å². The van der Waals surface area contributed by atoms with Crippen LogP contribution in [0.3, 0.4) is 0 Å². The van der Waals surface area contributed by atoms with Crippen LogP contribution in [0.5, 0.6) is 0 Å². The van der Waals surface area contributed by atoms with Crippen LogP contribution in [-0.2, 0) is 16.9 Å². The van der Waals surface area contributed by atoms with E-state index in [0.29, 0.717) is 10.1 Å². The van der Waals surface area contributed by atoms with Crippen molar-refractivity contribution in [2.75, 3.05) is 6.26 Å². The maximum Gasteiger partial charge on any atom is 0.418 e. The fourth-order valence-electron chi connectivity index (χ4n) is 1.52. The molecule has 0 amide bonds. The van der Waals surface area contributed by atoms with E-state index in [2.05, 4.69) is 4.98 Å². The van der Waals surface area contributed by atoms with Gasteiger partial charge in [0, 0.05) is 6.07 Å². The van der Waals surface area contributed by atoms with Crippen LogP contribution in [0.2, 0.25) is 0 Å². The molecule has 0 bridgehead atoms. The van der Waals surface area contributed by atoms with Crippen molar-refractivity contribution in [1.82, 2.24) is 9.71 Å². The second-order valence-electron chi connectivity index (χ2n) is 3.67. The molecule has 0 atom stereocenters. The summed E-state index contributed by atoms with van der Waals surface area (Å²) in [5.74, 6) is 0. The summed E-state index contributed by atoms with van der Waals surface area (Å²) in [5.41, 5.74) is -0.755. The van der Waals surface area contributed by atoms with Crippen LogP contribution in [0.4, 0.5) is 0 Å². The molecule has 0 fully saturated rings. The van der Waals surface area contributed by atoms with Crippen molar-refractivity contribution in [2.45, 2.75) is 5.16 Å². The number of pyridine rings is 1. The van der Waals surface area contributed by atoms with Gasteiger partial charge in [0.25, 0.3) is 21.0 Å². The van der Waals surface area contributed by atoms with Gasteiger partial charge >= 0.3 is 5.16 Å². The van der Waals surface area contributed by atoms with Crippen molar-refractivity contribution in [3.63, 3.8) is 0 Å². The zero-order valence-corrected chi connectivity index (χ0v) is 9.97. The first-order valence-electron chi connectivity index (χ1n) is 4.62. The smallest absolute Gasteiger partial charge is 0.418 e. The maximum absolute atomic E-state index is 11.4. The van der Waals surface area contributed by atoms with Crippen LogP contribution in [0.25, 0.3) is 11.0 Å². The number of fused-ring (bicyclic) bond motifs is 1. The number of nitrogens with zero attached hydrogens (tertiary/aromatic N) is 3. The Morgan fingerprint density at radius 1 is 1.41 bits per heavy atom. The minimum Gasteiger partial charge on any atom is -0.422 e. The van der Waals surface area contributed by atoms with Crippen LogP contribution >= 0.6 is 0 Å². The van der Waals surface area contributed by atoms with Gasteiger partial charge in [-0.2, -0.15) is 0 Å². The second kappa shape index (κ2) is 3.52. The molecule has 0 aromatic carbocycles. The molecule has 0 radical (unpaired) electrons. The zero-order chi connectivity index (χ0) is 12.8. The average Bonchev–Trinajstić information content (AvgIpc) is 2.21. The van der Waals surface area contributed by atoms with Gasteiger partial charge in [0.2, 0.25) is 0 Å². The standard InChI is InChI=1S/C9H10N3O4S/c1-11-5-6-3-4-7(13)12(14)8(6)10-9(11)17(2,15)16/h3-5,14H,1-2H3/q+1. The molecule has 0 aliphatic heterocycles. The van der Waals surface area contributed by atoms with E-state index >= 15 is 0 Å². The van der Waals surface area contributed by atoms with Crippen molar-refractivity contribution in [2.24, 2.45) is 7.05 Å². The van der Waals surface area contributed by atoms with Gasteiger partial charge in [-0.05, 0) is 11.1 Å². The fraction of sp³-hybridized carbons (Fsp3) is 0.222. The Hall–Kier alpha value is -1.96. The Labute approximate surface area is 96.5 Å². The highest BCUT2D eigenvalue weighted by Crippen LogP contribution is 2.08. The number of hydrogen-bond donors (Lipinski definition) is 1. The molecule has 0 saturated heterocycles. The highest BCUT2D eigenvalue weighted by atomic mass is 32.2. The van der Waals surface area contributed by atoms with Crippen molar-refractivity contribution >= 4 is 20.9 Å². The van der Waals surface area contributed by atoms with Crippen molar-refractivity contribution in [1.29, 1.82) is 0 Å². The summed E-state index contributed by atoms with van der Waals surface area (Å²) >= 11 is 0. The van der Waals surface area contributed by atoms with Crippen LogP contribution < -0.4 is 10.1 Å². The lowest BCUT2D eigenvalue weighted by molar-refractivity contribution is -0.712. The first kappa shape index (κ1) is 11.5. The van der Waals surface area contributed by atoms with E-state index in [-0.39, 0.29) is 10.8 Å². The number of hydrogen-bond acceptors (Lipinski definition) is 5. The molecular formula is C9H10N3O4S+. The summed E-state index contributed by atoms with van der Waals surface area (Å²) in [6, 6.07) is 2.63. The van der Waals surface area contributed by atoms with Crippen LogP contribution in [0.15, 0.2) is 28.3 Å². The van der Waals surface area contributed by atoms with Crippen LogP contribution in [0.1, 0.15) is 0 Å². The topological polar surface area (TPSA) is 93.1 Å². The number of aromatic nitrogens is 3. The van der Waals surface area contributed by atoms with Crippen LogP contribution in [0, 0.1) is 0 Å². The highest BCUT2D eigenvalue weighted by molar-refractivity contribution is 7.90. The van der Waals surface area contributed by atoms with Gasteiger partial charge in [0.1, 0.15) is 6.20 Å². The Kier molecular flexibility index (Phi) is 2.39. The normalized spacial score (nSPS) is 11.9. The molecule has 1 N–H and O–H groups in total. The van der Waals surface area contributed by atoms with Gasteiger partial charge in [0.05, 0.1) is 18.7 Å². The Morgan fingerprint density at radius 3 is 2.65 bits per heavy atom. The molecule has 90 valence electrons. The van der Waals surface area contributed by atoms with E-state index in [1.807, 2.05) is 0 Å². The van der Waals surface area contributed by atoms with Gasteiger partial charge in [0.15, 0.2) is 0 Å². The summed E-state index contributed by atoms with van der Waals surface area (Å²) in [5, 5.41) is 9.71. The summed E-state index contributed by atoms with van der Waals surface area (Å²) in [6.45, 7) is 0. The summed E-state index contributed by atoms with van der Waals surface area (Å²) in [6.07, 6.45) is 2.48. The molecule has 2 aromatic rings. The van der Waals surface area contributed by atoms with E-state index in [1.54, 1.807) is 0 Å². The van der Waals surface area contributed by atoms with E-state index in [0.717, 1.165) is 6.26 Å². The van der Waals surface area contributed by atoms with E-state index < -0.39 is 15.4 Å². The highest BCUT2D eigenvalue weighted by Gasteiger charge is 2.25. The third-order valence-corrected chi connectivity index (χ3v) is 3.28. The number of aryl methyl sites for hydroxylation is 1. The predicted octanol–water partition coefficient (Wildman–Crippen LogP) is -1.14. The molecule has 2 rings (SSSR count). The molecule has 2 heterocycles. The Balaban J connectivity index is 2.98. The summed E-state index contributed by atoms with van der Waals surface area (Å²) < 4.78 is 24.5. The number of rotatable bonds is 1. The molecule has 0 aliphatic rings. The quantitative estimate of drug-likeness (QED) is 0.395. The fourth-order valence-corrected chi connectivity index (χ4v) is 2.35. The van der Waals surface area contributed by atoms with Crippen molar-refractivity contribution in [3.8, 4) is 0 Å². The Bertz CT molecular complexity index is 764. The molecule has 0 saturated carbocycles. The lowest BCUT2D eigenvalue weighted by atomic mass is 10.3. The third kappa shape index (κ3) is 1.86. The second-order valence-corrected chi connectivity index (χ2v) is 5.58. The van der Waals surface area contributed by atoms with Gasteiger partial charge < -0.3 is 5.21 Å². The first-order chi connectivity index (χ1) is 7.80. The van der Waals surface area contributed by atoms with E-state index in [4.69, 9.17) is 0 Å². The molecule has 0 unspecified atom stereocenters. The minimum absolute atomic E-state index is 0.0870. The first-order valence-corrected chi connectivity index (χ1v) is 6.51. The predicted molar refractivity (Wildman–Crippen MR) is 57.5 cm³/mol. The molecule has 2 aromatic heterocycles. The van der Waals surface area contributed by atoms with Gasteiger partial charge in [-0.15, -0.1) is 4.73 Å². The number of sulfone groups is 1. The zero-order valence-electron chi connectivity index (χ0n) is 9.15. The van der Waals surface area contributed by atoms with Crippen molar-refractivity contribution < 1.29 is 18.2 Å². The monoisotopic (exact) mass is 256 g/mol. The lowest BCUT2D eigenvalue weighted by Gasteiger charge is -2.00. The molecule has 0 aliphatic carbocycles. The van der Waals surface area contributed by atoms with Gasteiger partial charge in [-0.3, -0.25) is 4.79 Å². The average molecular weight is 256 g/mol. The molecule has 0 spiro atoms. The Morgan fingerprint density at radius 2 is 2.06 bits per heavy atom. The summed E-state index contributed by atoms with van der Waals surface area (Å²) in [4.78, 5) is 15.0. The van der Waals surface area contributed by atoms with Crippen molar-refractivity contribution in [3.05, 3.63) is 28.7 Å². The molecule has 8 heteroatoms. The largest absolute Gasteiger partial charge is 0.422 e. The molecule has 17 heavy (non-hydrogen) atoms. The van der Waals surface area contributed by atoms with E-state index in [9.17, 15) is 18.4 Å². The molecular weight excluding hydrogens is 246 g/mol. The lowest BCUT2D eigenvalue weighted by Crippen LogP contribution is -2.37. The maximum atomic E-state index is 11.4. The minimum atomic E-state index is -3.53. The third-order valence-electron chi connectivity index (χ3n) is 2.24. The van der Waals surface area contributed by atoms with Gasteiger partial charge in [-0.1, -0.05) is 0 Å². The molecule has 7 nitrogen and oxygen atoms in total.